The monoisotopic (exact) mass is 424 g/mol. The van der Waals surface area contributed by atoms with Crippen molar-refractivity contribution in [2.24, 2.45) is 10.3 Å². The van der Waals surface area contributed by atoms with Gasteiger partial charge in [-0.2, -0.15) is 0 Å². The molecule has 1 aromatic rings. The molecule has 0 fully saturated rings. The third-order valence-corrected chi connectivity index (χ3v) is 5.16. The summed E-state index contributed by atoms with van der Waals surface area (Å²) < 4.78 is 0. The van der Waals surface area contributed by atoms with Crippen LogP contribution in [0.3, 0.4) is 0 Å². The quantitative estimate of drug-likeness (QED) is 0.239. The molecule has 166 valence electrons. The minimum absolute atomic E-state index is 0.297. The van der Waals surface area contributed by atoms with E-state index in [0.29, 0.717) is 29.9 Å². The van der Waals surface area contributed by atoms with Gasteiger partial charge in [0.1, 0.15) is 13.2 Å². The predicted molar refractivity (Wildman–Crippen MR) is 125 cm³/mol. The first-order valence-electron chi connectivity index (χ1n) is 10.7. The summed E-state index contributed by atoms with van der Waals surface area (Å²) >= 11 is 0. The van der Waals surface area contributed by atoms with Crippen molar-refractivity contribution in [3.05, 3.63) is 64.8 Å². The highest BCUT2D eigenvalue weighted by molar-refractivity contribution is 6.17. The first-order chi connectivity index (χ1) is 15.0. The summed E-state index contributed by atoms with van der Waals surface area (Å²) in [6.45, 7) is 8.46. The first-order valence-corrected chi connectivity index (χ1v) is 10.7. The third kappa shape index (κ3) is 6.17. The highest BCUT2D eigenvalue weighted by Crippen LogP contribution is 2.37. The molecule has 6 heteroatoms. The fourth-order valence-corrected chi connectivity index (χ4v) is 3.74. The van der Waals surface area contributed by atoms with E-state index in [1.165, 1.54) is 0 Å². The molecule has 0 atom stereocenters. The summed E-state index contributed by atoms with van der Waals surface area (Å²) in [5.74, 6) is -0.944. The zero-order valence-corrected chi connectivity index (χ0v) is 18.8. The SMILES string of the molecule is C/C=C/C=C/C(C)=C(/C(=O)O)c1ccc2c(c1)CCCC2(C=NOCC)C=NOCC. The van der Waals surface area contributed by atoms with Gasteiger partial charge in [-0.1, -0.05) is 52.8 Å². The number of carboxylic acid groups (broad SMARTS) is 1. The second-order valence-corrected chi connectivity index (χ2v) is 7.32. The summed E-state index contributed by atoms with van der Waals surface area (Å²) in [6.07, 6.45) is 13.6. The van der Waals surface area contributed by atoms with E-state index in [-0.39, 0.29) is 0 Å². The van der Waals surface area contributed by atoms with E-state index in [0.717, 1.165) is 30.4 Å². The maximum atomic E-state index is 12.0. The fraction of sp³-hybridized carbons (Fsp3) is 0.400. The molecule has 1 aromatic carbocycles. The van der Waals surface area contributed by atoms with E-state index in [1.54, 1.807) is 12.4 Å². The molecule has 31 heavy (non-hydrogen) atoms. The maximum absolute atomic E-state index is 12.0. The van der Waals surface area contributed by atoms with E-state index in [9.17, 15) is 9.90 Å². The van der Waals surface area contributed by atoms with Crippen LogP contribution < -0.4 is 0 Å². The zero-order chi connectivity index (χ0) is 22.7. The minimum Gasteiger partial charge on any atom is -0.478 e. The van der Waals surface area contributed by atoms with Crippen LogP contribution in [0.2, 0.25) is 0 Å². The molecule has 0 aromatic heterocycles. The molecule has 0 amide bonds. The number of hydrogen-bond donors (Lipinski definition) is 1. The molecule has 1 N–H and O–H groups in total. The number of nitrogens with zero attached hydrogens (tertiary/aromatic N) is 2. The molecule has 0 radical (unpaired) electrons. The van der Waals surface area contributed by atoms with Gasteiger partial charge in [-0.25, -0.2) is 4.79 Å². The lowest BCUT2D eigenvalue weighted by Gasteiger charge is -2.32. The van der Waals surface area contributed by atoms with Crippen molar-refractivity contribution in [1.29, 1.82) is 0 Å². The van der Waals surface area contributed by atoms with Crippen LogP contribution in [0.4, 0.5) is 0 Å². The molecule has 0 heterocycles. The Morgan fingerprint density at radius 2 is 1.84 bits per heavy atom. The average Bonchev–Trinajstić information content (AvgIpc) is 2.74. The van der Waals surface area contributed by atoms with E-state index in [4.69, 9.17) is 9.68 Å². The largest absolute Gasteiger partial charge is 0.478 e. The van der Waals surface area contributed by atoms with Gasteiger partial charge in [0.25, 0.3) is 0 Å². The van der Waals surface area contributed by atoms with Crippen LogP contribution in [0, 0.1) is 0 Å². The second-order valence-electron chi connectivity index (χ2n) is 7.32. The molecule has 2 rings (SSSR count). The van der Waals surface area contributed by atoms with Crippen molar-refractivity contribution in [2.45, 2.75) is 52.4 Å². The lowest BCUT2D eigenvalue weighted by Crippen LogP contribution is -2.34. The van der Waals surface area contributed by atoms with Gasteiger partial charge in [0.15, 0.2) is 0 Å². The van der Waals surface area contributed by atoms with Crippen LogP contribution in [0.25, 0.3) is 5.57 Å². The van der Waals surface area contributed by atoms with Crippen LogP contribution in [-0.4, -0.2) is 36.7 Å². The Labute approximate surface area is 184 Å². The predicted octanol–water partition coefficient (Wildman–Crippen LogP) is 5.30. The van der Waals surface area contributed by atoms with Crippen molar-refractivity contribution in [3.63, 3.8) is 0 Å². The number of fused-ring (bicyclic) bond motifs is 1. The van der Waals surface area contributed by atoms with Crippen molar-refractivity contribution in [2.75, 3.05) is 13.2 Å². The Morgan fingerprint density at radius 3 is 2.42 bits per heavy atom. The number of carbonyl (C=O) groups is 1. The van der Waals surface area contributed by atoms with Gasteiger partial charge in [-0.15, -0.1) is 0 Å². The molecule has 6 nitrogen and oxygen atoms in total. The van der Waals surface area contributed by atoms with Crippen molar-refractivity contribution in [1.82, 2.24) is 0 Å². The number of hydrogen-bond acceptors (Lipinski definition) is 5. The van der Waals surface area contributed by atoms with E-state index >= 15 is 0 Å². The van der Waals surface area contributed by atoms with Crippen LogP contribution in [0.1, 0.15) is 57.2 Å². The van der Waals surface area contributed by atoms with Crippen molar-refractivity contribution >= 4 is 24.0 Å². The lowest BCUT2D eigenvalue weighted by atomic mass is 9.71. The molecule has 0 bridgehead atoms. The van der Waals surface area contributed by atoms with Gasteiger partial charge in [0.05, 0.1) is 23.4 Å². The van der Waals surface area contributed by atoms with E-state index in [2.05, 4.69) is 10.3 Å². The molecular weight excluding hydrogens is 392 g/mol. The lowest BCUT2D eigenvalue weighted by molar-refractivity contribution is -0.130. The molecule has 0 saturated carbocycles. The van der Waals surface area contributed by atoms with E-state index in [1.807, 2.05) is 70.2 Å². The van der Waals surface area contributed by atoms with Gasteiger partial charge in [-0.3, -0.25) is 0 Å². The number of benzene rings is 1. The molecule has 0 spiro atoms. The number of aryl methyl sites for hydroxylation is 1. The number of oxime groups is 2. The Morgan fingerprint density at radius 1 is 1.16 bits per heavy atom. The normalized spacial score (nSPS) is 19.9. The fourth-order valence-electron chi connectivity index (χ4n) is 3.74. The molecule has 1 aliphatic rings. The topological polar surface area (TPSA) is 80.5 Å². The highest BCUT2D eigenvalue weighted by Gasteiger charge is 2.35. The standard InChI is InChI=1S/C25H32N2O4/c1-5-8-9-11-19(4)23(24(28)29)21-13-14-22-20(16-21)12-10-15-25(22,17-26-30-6-2)18-27-31-7-3/h5,8-9,11,13-14,16-18H,6-7,10,12,15H2,1-4H3,(H,28,29)/b8-5+,11-9+,23-19+,26-17?,27-18?. The summed E-state index contributed by atoms with van der Waals surface area (Å²) in [5, 5.41) is 18.1. The Balaban J connectivity index is 2.56. The molecule has 0 unspecified atom stereocenters. The molecule has 1 aliphatic carbocycles. The van der Waals surface area contributed by atoms with Gasteiger partial charge >= 0.3 is 5.97 Å². The maximum Gasteiger partial charge on any atom is 0.336 e. The molecular formula is C25H32N2O4. The van der Waals surface area contributed by atoms with Crippen LogP contribution >= 0.6 is 0 Å². The Hall–Kier alpha value is -3.15. The van der Waals surface area contributed by atoms with E-state index < -0.39 is 11.4 Å². The number of aliphatic carboxylic acids is 1. The second kappa shape index (κ2) is 11.9. The number of allylic oxidation sites excluding steroid dienone is 5. The van der Waals surface area contributed by atoms with Crippen molar-refractivity contribution in [3.8, 4) is 0 Å². The Bertz CT molecular complexity index is 894. The first kappa shape index (κ1) is 24.1. The average molecular weight is 425 g/mol. The van der Waals surface area contributed by atoms with Gasteiger partial charge in [0, 0.05) is 0 Å². The zero-order valence-electron chi connectivity index (χ0n) is 18.8. The Kier molecular flexibility index (Phi) is 9.25. The summed E-state index contributed by atoms with van der Waals surface area (Å²) in [7, 11) is 0. The third-order valence-electron chi connectivity index (χ3n) is 5.16. The number of carboxylic acids is 1. The van der Waals surface area contributed by atoms with Gasteiger partial charge in [0.2, 0.25) is 0 Å². The van der Waals surface area contributed by atoms with Crippen LogP contribution in [-0.2, 0) is 26.3 Å². The summed E-state index contributed by atoms with van der Waals surface area (Å²) in [6, 6.07) is 5.81. The minimum atomic E-state index is -0.944. The molecule has 0 aliphatic heterocycles. The van der Waals surface area contributed by atoms with Gasteiger partial charge < -0.3 is 14.8 Å². The van der Waals surface area contributed by atoms with Crippen LogP contribution in [0.15, 0.2) is 58.4 Å². The highest BCUT2D eigenvalue weighted by atomic mass is 16.6. The smallest absolute Gasteiger partial charge is 0.336 e. The molecule has 0 saturated heterocycles. The summed E-state index contributed by atoms with van der Waals surface area (Å²) in [4.78, 5) is 22.5. The van der Waals surface area contributed by atoms with Gasteiger partial charge in [-0.05, 0) is 69.2 Å². The van der Waals surface area contributed by atoms with Crippen molar-refractivity contribution < 1.29 is 19.6 Å². The summed E-state index contributed by atoms with van der Waals surface area (Å²) in [5.41, 5.74) is 3.26. The number of rotatable bonds is 10. The van der Waals surface area contributed by atoms with Crippen LogP contribution in [0.5, 0.6) is 0 Å².